The highest BCUT2D eigenvalue weighted by atomic mass is 32.2. The average Bonchev–Trinajstić information content (AvgIpc) is 2.60. The predicted octanol–water partition coefficient (Wildman–Crippen LogP) is 4.16. The van der Waals surface area contributed by atoms with Gasteiger partial charge in [0.05, 0.1) is 16.6 Å². The Kier molecular flexibility index (Phi) is 5.34. The van der Waals surface area contributed by atoms with E-state index in [1.54, 1.807) is 17.6 Å². The first kappa shape index (κ1) is 17.4. The fourth-order valence-corrected chi connectivity index (χ4v) is 3.57. The van der Waals surface area contributed by atoms with E-state index in [1.165, 1.54) is 11.8 Å². The van der Waals surface area contributed by atoms with Gasteiger partial charge in [-0.3, -0.25) is 9.36 Å². The Hall–Kier alpha value is -2.40. The number of hydrogen-bond donors (Lipinski definition) is 0. The number of carbonyl (C=O) groups excluding carboxylic acids is 1. The normalized spacial score (nSPS) is 11.0. The van der Waals surface area contributed by atoms with Crippen LogP contribution in [-0.2, 0) is 4.79 Å². The van der Waals surface area contributed by atoms with Gasteiger partial charge in [0.15, 0.2) is 5.16 Å². The summed E-state index contributed by atoms with van der Waals surface area (Å²) in [5.74, 6) is 0.930. The van der Waals surface area contributed by atoms with Crippen LogP contribution in [0.2, 0.25) is 0 Å². The van der Waals surface area contributed by atoms with E-state index in [4.69, 9.17) is 4.98 Å². The quantitative estimate of drug-likeness (QED) is 0.380. The number of fused-ring (bicyclic) bond motifs is 1. The van der Waals surface area contributed by atoms with Gasteiger partial charge in [0.2, 0.25) is 0 Å². The molecule has 0 unspecified atom stereocenters. The number of benzene rings is 2. The molecule has 4 nitrogen and oxygen atoms in total. The smallest absolute Gasteiger partial charge is 0.266 e. The topological polar surface area (TPSA) is 52.0 Å². The van der Waals surface area contributed by atoms with Gasteiger partial charge in [-0.15, -0.1) is 0 Å². The standard InChI is InChI=1S/C20H20N2O2S/c1-14-9-11-16(12-10-14)22-19(24)17-7-3-4-8-18(17)21-20(22)25-13-5-6-15(2)23/h3-4,7-12H,5-6,13H2,1-2H3. The maximum Gasteiger partial charge on any atom is 0.266 e. The first-order valence-electron chi connectivity index (χ1n) is 8.27. The minimum absolute atomic E-state index is 0.0662. The molecule has 3 rings (SSSR count). The third-order valence-corrected chi connectivity index (χ3v) is 4.97. The molecule has 0 aliphatic carbocycles. The van der Waals surface area contributed by atoms with Crippen LogP contribution in [0.4, 0.5) is 0 Å². The highest BCUT2D eigenvalue weighted by molar-refractivity contribution is 7.99. The zero-order valence-corrected chi connectivity index (χ0v) is 15.2. The summed E-state index contributed by atoms with van der Waals surface area (Å²) in [6.07, 6.45) is 1.33. The molecule has 0 amide bonds. The van der Waals surface area contributed by atoms with Gasteiger partial charge in [-0.25, -0.2) is 4.98 Å². The summed E-state index contributed by atoms with van der Waals surface area (Å²) in [7, 11) is 0. The van der Waals surface area contributed by atoms with E-state index in [0.717, 1.165) is 23.4 Å². The highest BCUT2D eigenvalue weighted by Crippen LogP contribution is 2.22. The lowest BCUT2D eigenvalue weighted by Crippen LogP contribution is -2.21. The largest absolute Gasteiger partial charge is 0.300 e. The van der Waals surface area contributed by atoms with E-state index in [0.29, 0.717) is 22.5 Å². The Bertz CT molecular complexity index is 962. The first-order valence-corrected chi connectivity index (χ1v) is 9.26. The van der Waals surface area contributed by atoms with E-state index in [9.17, 15) is 9.59 Å². The molecule has 1 heterocycles. The van der Waals surface area contributed by atoms with Crippen molar-refractivity contribution in [3.05, 3.63) is 64.4 Å². The Morgan fingerprint density at radius 1 is 1.12 bits per heavy atom. The van der Waals surface area contributed by atoms with Gasteiger partial charge in [-0.2, -0.15) is 0 Å². The average molecular weight is 352 g/mol. The molecule has 0 saturated heterocycles. The summed E-state index contributed by atoms with van der Waals surface area (Å²) in [5.41, 5.74) is 2.58. The van der Waals surface area contributed by atoms with E-state index >= 15 is 0 Å². The van der Waals surface area contributed by atoms with Gasteiger partial charge >= 0.3 is 0 Å². The van der Waals surface area contributed by atoms with Gasteiger partial charge in [-0.1, -0.05) is 41.6 Å². The number of rotatable bonds is 6. The lowest BCUT2D eigenvalue weighted by molar-refractivity contribution is -0.117. The van der Waals surface area contributed by atoms with Crippen LogP contribution in [0.15, 0.2) is 58.5 Å². The van der Waals surface area contributed by atoms with Crippen LogP contribution < -0.4 is 5.56 Å². The molecule has 0 spiro atoms. The van der Waals surface area contributed by atoms with Crippen LogP contribution in [0.3, 0.4) is 0 Å². The Labute approximate surface area is 150 Å². The van der Waals surface area contributed by atoms with Crippen molar-refractivity contribution >= 4 is 28.4 Å². The number of aryl methyl sites for hydroxylation is 1. The van der Waals surface area contributed by atoms with Gasteiger partial charge in [-0.05, 0) is 44.5 Å². The zero-order chi connectivity index (χ0) is 17.8. The second-order valence-corrected chi connectivity index (χ2v) is 7.10. The highest BCUT2D eigenvalue weighted by Gasteiger charge is 2.13. The molecule has 3 aromatic rings. The molecule has 0 aliphatic rings. The van der Waals surface area contributed by atoms with Crippen LogP contribution in [-0.4, -0.2) is 21.1 Å². The molecule has 0 aliphatic heterocycles. The van der Waals surface area contributed by atoms with E-state index in [1.807, 2.05) is 49.4 Å². The van der Waals surface area contributed by atoms with E-state index < -0.39 is 0 Å². The van der Waals surface area contributed by atoms with Crippen molar-refractivity contribution in [1.29, 1.82) is 0 Å². The fraction of sp³-hybridized carbons (Fsp3) is 0.250. The van der Waals surface area contributed by atoms with Crippen LogP contribution in [0.1, 0.15) is 25.3 Å². The molecule has 0 atom stereocenters. The van der Waals surface area contributed by atoms with Crippen molar-refractivity contribution in [1.82, 2.24) is 9.55 Å². The molecule has 5 heteroatoms. The molecular weight excluding hydrogens is 332 g/mol. The number of para-hydroxylation sites is 1. The molecule has 0 saturated carbocycles. The minimum atomic E-state index is -0.0662. The number of Topliss-reactive ketones (excluding diaryl/α,β-unsaturated/α-hetero) is 1. The van der Waals surface area contributed by atoms with Crippen molar-refractivity contribution in [3.63, 3.8) is 0 Å². The Morgan fingerprint density at radius 3 is 2.56 bits per heavy atom. The van der Waals surface area contributed by atoms with Crippen LogP contribution in [0.25, 0.3) is 16.6 Å². The Morgan fingerprint density at radius 2 is 1.84 bits per heavy atom. The third kappa shape index (κ3) is 3.99. The molecule has 25 heavy (non-hydrogen) atoms. The molecule has 0 bridgehead atoms. The zero-order valence-electron chi connectivity index (χ0n) is 14.4. The lowest BCUT2D eigenvalue weighted by Gasteiger charge is -2.13. The summed E-state index contributed by atoms with van der Waals surface area (Å²) in [6, 6.07) is 15.2. The molecule has 0 fully saturated rings. The maximum absolute atomic E-state index is 13.0. The van der Waals surface area contributed by atoms with Crippen LogP contribution in [0, 0.1) is 6.92 Å². The first-order chi connectivity index (χ1) is 12.1. The number of carbonyl (C=O) groups is 1. The SMILES string of the molecule is CC(=O)CCCSc1nc2ccccc2c(=O)n1-c1ccc(C)cc1. The van der Waals surface area contributed by atoms with Gasteiger partial charge in [0.1, 0.15) is 5.78 Å². The van der Waals surface area contributed by atoms with E-state index in [2.05, 4.69) is 0 Å². The number of nitrogens with zero attached hydrogens (tertiary/aromatic N) is 2. The molecular formula is C20H20N2O2S. The van der Waals surface area contributed by atoms with Gasteiger partial charge < -0.3 is 4.79 Å². The summed E-state index contributed by atoms with van der Waals surface area (Å²) in [6.45, 7) is 3.61. The predicted molar refractivity (Wildman–Crippen MR) is 103 cm³/mol. The second-order valence-electron chi connectivity index (χ2n) is 6.04. The Balaban J connectivity index is 2.06. The number of hydrogen-bond acceptors (Lipinski definition) is 4. The van der Waals surface area contributed by atoms with E-state index in [-0.39, 0.29) is 11.3 Å². The summed E-state index contributed by atoms with van der Waals surface area (Å²) >= 11 is 1.52. The van der Waals surface area contributed by atoms with Crippen molar-refractivity contribution in [2.24, 2.45) is 0 Å². The van der Waals surface area contributed by atoms with Crippen molar-refractivity contribution in [3.8, 4) is 5.69 Å². The number of thioether (sulfide) groups is 1. The van der Waals surface area contributed by atoms with Gasteiger partial charge in [0.25, 0.3) is 5.56 Å². The van der Waals surface area contributed by atoms with Crippen molar-refractivity contribution in [2.45, 2.75) is 31.8 Å². The van der Waals surface area contributed by atoms with Crippen LogP contribution in [0.5, 0.6) is 0 Å². The molecule has 0 radical (unpaired) electrons. The lowest BCUT2D eigenvalue weighted by atomic mass is 10.2. The van der Waals surface area contributed by atoms with Crippen molar-refractivity contribution < 1.29 is 4.79 Å². The fourth-order valence-electron chi connectivity index (χ4n) is 2.62. The molecule has 2 aromatic carbocycles. The monoisotopic (exact) mass is 352 g/mol. The minimum Gasteiger partial charge on any atom is -0.300 e. The van der Waals surface area contributed by atoms with Crippen molar-refractivity contribution in [2.75, 3.05) is 5.75 Å². The third-order valence-electron chi connectivity index (χ3n) is 3.94. The summed E-state index contributed by atoms with van der Waals surface area (Å²) in [5, 5.41) is 1.27. The number of aromatic nitrogens is 2. The summed E-state index contributed by atoms with van der Waals surface area (Å²) < 4.78 is 1.67. The summed E-state index contributed by atoms with van der Waals surface area (Å²) in [4.78, 5) is 28.8. The maximum atomic E-state index is 13.0. The van der Waals surface area contributed by atoms with Crippen LogP contribution >= 0.6 is 11.8 Å². The molecule has 1 aromatic heterocycles. The molecule has 128 valence electrons. The van der Waals surface area contributed by atoms with Gasteiger partial charge in [0, 0.05) is 12.2 Å². The molecule has 0 N–H and O–H groups in total. The number of ketones is 1. The second kappa shape index (κ2) is 7.66.